The molecule has 0 aromatic rings. The summed E-state index contributed by atoms with van der Waals surface area (Å²) in [6, 6.07) is 0. The van der Waals surface area contributed by atoms with E-state index in [2.05, 4.69) is 24.4 Å². The predicted molar refractivity (Wildman–Crippen MR) is 98.1 cm³/mol. The molecule has 19 heavy (non-hydrogen) atoms. The summed E-state index contributed by atoms with van der Waals surface area (Å²) in [6.07, 6.45) is 0. The molecule has 0 radical (unpaired) electrons. The number of ketones is 1. The van der Waals surface area contributed by atoms with Gasteiger partial charge in [-0.15, -0.1) is 24.2 Å². The van der Waals surface area contributed by atoms with Crippen molar-refractivity contribution in [1.82, 2.24) is 0 Å². The standard InChI is InChI=1S/C6H10O2S2.C3H6O.CS2.CH4.ClH/c1-4(9)10-6(2,3)5(7)8;1-3(2)4;2-1-3;;/h1-3H3,(H,7,8);1-2H3;;1H4;1H. The molecular formula is C11H21ClO3S4. The molecule has 0 amide bonds. The van der Waals surface area contributed by atoms with E-state index < -0.39 is 10.7 Å². The van der Waals surface area contributed by atoms with Crippen LogP contribution < -0.4 is 0 Å². The van der Waals surface area contributed by atoms with E-state index in [-0.39, 0.29) is 25.6 Å². The van der Waals surface area contributed by atoms with Crippen LogP contribution in [0.25, 0.3) is 0 Å². The highest BCUT2D eigenvalue weighted by Gasteiger charge is 2.28. The molecule has 0 aromatic carbocycles. The predicted octanol–water partition coefficient (Wildman–Crippen LogP) is 4.60. The van der Waals surface area contributed by atoms with Crippen molar-refractivity contribution in [1.29, 1.82) is 0 Å². The molecule has 0 atom stereocenters. The molecule has 0 unspecified atom stereocenters. The van der Waals surface area contributed by atoms with Gasteiger partial charge in [0.05, 0.1) is 0 Å². The summed E-state index contributed by atoms with van der Waals surface area (Å²) in [4.78, 5) is 19.9. The number of aliphatic carboxylic acids is 1. The molecule has 0 spiro atoms. The van der Waals surface area contributed by atoms with Gasteiger partial charge in [0.25, 0.3) is 0 Å². The van der Waals surface area contributed by atoms with E-state index in [0.29, 0.717) is 4.20 Å². The van der Waals surface area contributed by atoms with Crippen molar-refractivity contribution in [2.24, 2.45) is 0 Å². The van der Waals surface area contributed by atoms with Crippen LogP contribution in [0.2, 0.25) is 0 Å². The van der Waals surface area contributed by atoms with Gasteiger partial charge in [-0.1, -0.05) is 19.6 Å². The second kappa shape index (κ2) is 18.1. The fourth-order valence-electron chi connectivity index (χ4n) is 0.403. The van der Waals surface area contributed by atoms with Crippen LogP contribution in [0.1, 0.15) is 42.0 Å². The number of halogens is 1. The molecule has 0 aliphatic rings. The lowest BCUT2D eigenvalue weighted by atomic mass is 10.2. The van der Waals surface area contributed by atoms with Crippen LogP contribution in [-0.4, -0.2) is 30.1 Å². The SMILES string of the molecule is C.CC(=S)SC(C)(C)C(=O)O.CC(C)=O.Cl.S=C=S. The van der Waals surface area contributed by atoms with E-state index in [9.17, 15) is 9.59 Å². The Balaban J connectivity index is -0.0000000618. The number of Topliss-reactive ketones (excluding diaryl/α,β-unsaturated/α-hetero) is 1. The number of thioether (sulfide) groups is 1. The maximum Gasteiger partial charge on any atom is 0.319 e. The molecule has 0 aliphatic heterocycles. The summed E-state index contributed by atoms with van der Waals surface area (Å²) >= 11 is 13.9. The van der Waals surface area contributed by atoms with E-state index in [1.54, 1.807) is 20.8 Å². The van der Waals surface area contributed by atoms with E-state index >= 15 is 0 Å². The molecule has 0 fully saturated rings. The van der Waals surface area contributed by atoms with Crippen LogP contribution in [0, 0.1) is 0 Å². The van der Waals surface area contributed by atoms with Crippen molar-refractivity contribution in [2.45, 2.75) is 46.8 Å². The second-order valence-corrected chi connectivity index (χ2v) is 6.78. The lowest BCUT2D eigenvalue weighted by Gasteiger charge is -2.16. The van der Waals surface area contributed by atoms with E-state index in [0.717, 1.165) is 0 Å². The zero-order valence-corrected chi connectivity index (χ0v) is 14.9. The smallest absolute Gasteiger partial charge is 0.319 e. The van der Waals surface area contributed by atoms with E-state index in [4.69, 9.17) is 17.3 Å². The number of carboxylic acid groups (broad SMARTS) is 1. The van der Waals surface area contributed by atoms with Gasteiger partial charge < -0.3 is 9.90 Å². The fraction of sp³-hybridized carbons (Fsp3) is 0.636. The first-order chi connectivity index (χ1) is 7.51. The molecule has 3 nitrogen and oxygen atoms in total. The Morgan fingerprint density at radius 1 is 1.16 bits per heavy atom. The quantitative estimate of drug-likeness (QED) is 0.718. The highest BCUT2D eigenvalue weighted by atomic mass is 35.5. The van der Waals surface area contributed by atoms with Gasteiger partial charge in [-0.3, -0.25) is 4.79 Å². The molecular weight excluding hydrogens is 344 g/mol. The normalized spacial score (nSPS) is 7.63. The Morgan fingerprint density at radius 2 is 1.37 bits per heavy atom. The molecule has 0 rings (SSSR count). The Morgan fingerprint density at radius 3 is 1.42 bits per heavy atom. The maximum atomic E-state index is 10.5. The van der Waals surface area contributed by atoms with Gasteiger partial charge in [0.1, 0.15) is 10.5 Å². The van der Waals surface area contributed by atoms with Gasteiger partial charge in [-0.25, -0.2) is 0 Å². The topological polar surface area (TPSA) is 54.4 Å². The van der Waals surface area contributed by atoms with Gasteiger partial charge in [0.15, 0.2) is 0 Å². The number of carbonyl (C=O) groups excluding carboxylic acids is 1. The monoisotopic (exact) mass is 364 g/mol. The summed E-state index contributed by atoms with van der Waals surface area (Å²) in [5.41, 5.74) is 0. The van der Waals surface area contributed by atoms with Gasteiger partial charge in [-0.05, 0) is 59.1 Å². The molecule has 0 saturated heterocycles. The number of thiocarbonyl (C=S) groups is 3. The Hall–Kier alpha value is 0.0900. The van der Waals surface area contributed by atoms with Gasteiger partial charge in [-0.2, -0.15) is 0 Å². The fourth-order valence-corrected chi connectivity index (χ4v) is 1.83. The molecule has 0 aromatic heterocycles. The van der Waals surface area contributed by atoms with E-state index in [1.165, 1.54) is 25.6 Å². The zero-order valence-electron chi connectivity index (χ0n) is 10.8. The highest BCUT2D eigenvalue weighted by molar-refractivity contribution is 8.24. The Labute approximate surface area is 142 Å². The lowest BCUT2D eigenvalue weighted by molar-refractivity contribution is -0.138. The Bertz CT molecular complexity index is 307. The van der Waals surface area contributed by atoms with Crippen molar-refractivity contribution in [3.05, 3.63) is 0 Å². The number of hydrogen-bond donors (Lipinski definition) is 1. The van der Waals surface area contributed by atoms with Gasteiger partial charge >= 0.3 is 5.97 Å². The average molecular weight is 365 g/mol. The number of rotatable bonds is 2. The molecule has 0 saturated carbocycles. The van der Waals surface area contributed by atoms with Gasteiger partial charge in [0, 0.05) is 8.51 Å². The minimum atomic E-state index is -0.832. The first-order valence-corrected chi connectivity index (χ1v) is 6.44. The van der Waals surface area contributed by atoms with Crippen molar-refractivity contribution in [2.75, 3.05) is 0 Å². The van der Waals surface area contributed by atoms with Crippen LogP contribution in [-0.2, 0) is 9.59 Å². The van der Waals surface area contributed by atoms with Crippen LogP contribution in [0.15, 0.2) is 0 Å². The molecule has 0 aliphatic carbocycles. The number of carbonyl (C=O) groups is 2. The minimum Gasteiger partial charge on any atom is -0.480 e. The summed E-state index contributed by atoms with van der Waals surface area (Å²) in [5.74, 6) is -0.665. The maximum absolute atomic E-state index is 10.5. The Kier molecular flexibility index (Phi) is 30.0. The van der Waals surface area contributed by atoms with Gasteiger partial charge in [0.2, 0.25) is 0 Å². The molecule has 1 N–H and O–H groups in total. The first kappa shape index (κ1) is 31.5. The number of carboxylic acids is 1. The average Bonchev–Trinajstić information content (AvgIpc) is 2.00. The third-order valence-electron chi connectivity index (χ3n) is 0.914. The molecule has 114 valence electrons. The third kappa shape index (κ3) is 38.1. The van der Waals surface area contributed by atoms with Crippen LogP contribution in [0.3, 0.4) is 0 Å². The second-order valence-electron chi connectivity index (χ2n) is 3.40. The van der Waals surface area contributed by atoms with E-state index in [1.807, 2.05) is 4.31 Å². The molecule has 0 heterocycles. The van der Waals surface area contributed by atoms with Crippen molar-refractivity contribution >= 4 is 81.1 Å². The van der Waals surface area contributed by atoms with Crippen molar-refractivity contribution in [3.8, 4) is 0 Å². The third-order valence-corrected chi connectivity index (χ3v) is 2.14. The summed E-state index contributed by atoms with van der Waals surface area (Å²) in [5, 5.41) is 8.61. The van der Waals surface area contributed by atoms with Crippen molar-refractivity contribution in [3.63, 3.8) is 0 Å². The van der Waals surface area contributed by atoms with Crippen molar-refractivity contribution < 1.29 is 14.7 Å². The minimum absolute atomic E-state index is 0. The zero-order chi connectivity index (χ0) is 14.6. The van der Waals surface area contributed by atoms with Crippen LogP contribution in [0.5, 0.6) is 0 Å². The lowest BCUT2D eigenvalue weighted by Crippen LogP contribution is -2.28. The van der Waals surface area contributed by atoms with Crippen LogP contribution in [0.4, 0.5) is 0 Å². The largest absolute Gasteiger partial charge is 0.480 e. The number of hydrogen-bond acceptors (Lipinski definition) is 6. The first-order valence-electron chi connectivity index (χ1n) is 4.40. The summed E-state index contributed by atoms with van der Waals surface area (Å²) in [7, 11) is 0. The molecule has 8 heteroatoms. The highest BCUT2D eigenvalue weighted by Crippen LogP contribution is 2.25. The summed E-state index contributed by atoms with van der Waals surface area (Å²) in [6.45, 7) is 8.05. The summed E-state index contributed by atoms with van der Waals surface area (Å²) < 4.78 is 1.79. The van der Waals surface area contributed by atoms with Crippen LogP contribution >= 0.6 is 60.8 Å². The molecule has 0 bridgehead atoms.